The van der Waals surface area contributed by atoms with Gasteiger partial charge in [-0.05, 0) is 35.9 Å². The standard InChI is InChI=1S/C21H17ClN2O4S/c22-16-9-7-15(8-10-16)21(26)19-4-2-1-3-18(19)20(25)24(21)13-14-5-11-17(12-6-14)29(23,27)28/h1-12,26H,13H2,(H2,23,27,28). The molecule has 3 aromatic carbocycles. The molecule has 1 amide bonds. The number of carbonyl (C=O) groups excluding carboxylic acids is 1. The number of nitrogens with two attached hydrogens (primary N) is 1. The minimum absolute atomic E-state index is 0.0229. The predicted octanol–water partition coefficient (Wildman–Crippen LogP) is 2.84. The van der Waals surface area contributed by atoms with Crippen molar-refractivity contribution in [3.05, 3.63) is 100 Å². The van der Waals surface area contributed by atoms with Gasteiger partial charge < -0.3 is 5.11 Å². The van der Waals surface area contributed by atoms with Crippen LogP contribution in [0.5, 0.6) is 0 Å². The molecule has 0 fully saturated rings. The van der Waals surface area contributed by atoms with Gasteiger partial charge in [0.1, 0.15) is 0 Å². The lowest BCUT2D eigenvalue weighted by atomic mass is 9.93. The van der Waals surface area contributed by atoms with Crippen molar-refractivity contribution in [3.63, 3.8) is 0 Å². The third-order valence-corrected chi connectivity index (χ3v) is 6.19. The van der Waals surface area contributed by atoms with Gasteiger partial charge in [0.15, 0.2) is 5.72 Å². The van der Waals surface area contributed by atoms with E-state index >= 15 is 0 Å². The summed E-state index contributed by atoms with van der Waals surface area (Å²) in [6, 6.07) is 19.4. The number of aliphatic hydroxyl groups is 1. The highest BCUT2D eigenvalue weighted by Gasteiger charge is 2.49. The Labute approximate surface area is 173 Å². The van der Waals surface area contributed by atoms with Crippen molar-refractivity contribution in [2.45, 2.75) is 17.2 Å². The number of fused-ring (bicyclic) bond motifs is 1. The van der Waals surface area contributed by atoms with E-state index in [0.717, 1.165) is 0 Å². The van der Waals surface area contributed by atoms with Crippen LogP contribution in [-0.2, 0) is 22.3 Å². The summed E-state index contributed by atoms with van der Waals surface area (Å²) < 4.78 is 22.9. The Morgan fingerprint density at radius 3 is 2.21 bits per heavy atom. The molecule has 0 saturated carbocycles. The first-order valence-electron chi connectivity index (χ1n) is 8.73. The van der Waals surface area contributed by atoms with Crippen LogP contribution >= 0.6 is 11.6 Å². The Morgan fingerprint density at radius 2 is 1.59 bits per heavy atom. The Kier molecular flexibility index (Phi) is 4.71. The summed E-state index contributed by atoms with van der Waals surface area (Å²) in [6.07, 6.45) is 0. The minimum Gasteiger partial charge on any atom is -0.363 e. The average Bonchev–Trinajstić information content (AvgIpc) is 2.91. The van der Waals surface area contributed by atoms with Gasteiger partial charge in [-0.15, -0.1) is 0 Å². The number of carbonyl (C=O) groups is 1. The van der Waals surface area contributed by atoms with Crippen LogP contribution in [0.1, 0.15) is 27.0 Å². The number of halogens is 1. The number of rotatable bonds is 4. The highest BCUT2D eigenvalue weighted by molar-refractivity contribution is 7.89. The SMILES string of the molecule is NS(=O)(=O)c1ccc(CN2C(=O)c3ccccc3C2(O)c2ccc(Cl)cc2)cc1. The third kappa shape index (κ3) is 3.32. The number of nitrogens with zero attached hydrogens (tertiary/aromatic N) is 1. The van der Waals surface area contributed by atoms with E-state index in [1.54, 1.807) is 60.7 Å². The smallest absolute Gasteiger partial charge is 0.257 e. The highest BCUT2D eigenvalue weighted by atomic mass is 35.5. The molecule has 1 aliphatic rings. The van der Waals surface area contributed by atoms with Crippen LogP contribution in [0.15, 0.2) is 77.7 Å². The molecule has 1 aliphatic heterocycles. The van der Waals surface area contributed by atoms with Gasteiger partial charge >= 0.3 is 0 Å². The number of hydrogen-bond donors (Lipinski definition) is 2. The molecule has 1 atom stereocenters. The molecule has 4 rings (SSSR count). The molecule has 8 heteroatoms. The number of benzene rings is 3. The van der Waals surface area contributed by atoms with E-state index < -0.39 is 15.7 Å². The topological polar surface area (TPSA) is 101 Å². The summed E-state index contributed by atoms with van der Waals surface area (Å²) in [5.41, 5.74) is 0.351. The molecule has 0 aromatic heterocycles. The molecule has 3 aromatic rings. The predicted molar refractivity (Wildman–Crippen MR) is 109 cm³/mol. The van der Waals surface area contributed by atoms with Crippen LogP contribution in [0.2, 0.25) is 5.02 Å². The molecule has 29 heavy (non-hydrogen) atoms. The summed E-state index contributed by atoms with van der Waals surface area (Å²) >= 11 is 5.99. The van der Waals surface area contributed by atoms with Crippen molar-refractivity contribution in [2.75, 3.05) is 0 Å². The normalized spacial score (nSPS) is 18.7. The first-order valence-corrected chi connectivity index (χ1v) is 10.7. The zero-order valence-electron chi connectivity index (χ0n) is 15.1. The Bertz CT molecular complexity index is 1190. The maximum Gasteiger partial charge on any atom is 0.257 e. The molecular weight excluding hydrogens is 412 g/mol. The zero-order chi connectivity index (χ0) is 20.8. The summed E-state index contributed by atoms with van der Waals surface area (Å²) in [6.45, 7) is 0.0670. The average molecular weight is 429 g/mol. The second-order valence-corrected chi connectivity index (χ2v) is 8.80. The highest BCUT2D eigenvalue weighted by Crippen LogP contribution is 2.43. The van der Waals surface area contributed by atoms with Crippen molar-refractivity contribution in [1.29, 1.82) is 0 Å². The second kappa shape index (κ2) is 6.96. The lowest BCUT2D eigenvalue weighted by molar-refractivity contribution is -0.0543. The van der Waals surface area contributed by atoms with E-state index in [0.29, 0.717) is 27.3 Å². The molecule has 0 radical (unpaired) electrons. The third-order valence-electron chi connectivity index (χ3n) is 5.01. The van der Waals surface area contributed by atoms with Gasteiger partial charge in [0.25, 0.3) is 5.91 Å². The summed E-state index contributed by atoms with van der Waals surface area (Å²) in [5, 5.41) is 17.4. The van der Waals surface area contributed by atoms with Crippen LogP contribution in [0, 0.1) is 0 Å². The fourth-order valence-corrected chi connectivity index (χ4v) is 4.20. The summed E-state index contributed by atoms with van der Waals surface area (Å²) in [5.74, 6) is -0.325. The number of sulfonamides is 1. The van der Waals surface area contributed by atoms with Gasteiger partial charge in [-0.1, -0.05) is 54.1 Å². The second-order valence-electron chi connectivity index (χ2n) is 6.80. The van der Waals surface area contributed by atoms with Crippen LogP contribution < -0.4 is 5.14 Å². The molecule has 3 N–H and O–H groups in total. The van der Waals surface area contributed by atoms with Crippen LogP contribution in [0.25, 0.3) is 0 Å². The zero-order valence-corrected chi connectivity index (χ0v) is 16.7. The monoisotopic (exact) mass is 428 g/mol. The number of amides is 1. The van der Waals surface area contributed by atoms with Crippen molar-refractivity contribution in [2.24, 2.45) is 5.14 Å². The maximum atomic E-state index is 13.1. The molecule has 0 saturated heterocycles. The lowest BCUT2D eigenvalue weighted by Gasteiger charge is -2.35. The fraction of sp³-hybridized carbons (Fsp3) is 0.0952. The Balaban J connectivity index is 1.79. The van der Waals surface area contributed by atoms with E-state index in [4.69, 9.17) is 16.7 Å². The lowest BCUT2D eigenvalue weighted by Crippen LogP contribution is -2.44. The molecule has 6 nitrogen and oxygen atoms in total. The molecule has 1 unspecified atom stereocenters. The van der Waals surface area contributed by atoms with Crippen molar-refractivity contribution in [3.8, 4) is 0 Å². The van der Waals surface area contributed by atoms with Crippen LogP contribution in [-0.4, -0.2) is 24.3 Å². The minimum atomic E-state index is -3.81. The maximum absolute atomic E-state index is 13.1. The van der Waals surface area contributed by atoms with Gasteiger partial charge in [-0.3, -0.25) is 9.69 Å². The Hall–Kier alpha value is -2.71. The van der Waals surface area contributed by atoms with E-state index in [1.165, 1.54) is 17.0 Å². The first-order chi connectivity index (χ1) is 13.7. The molecule has 1 heterocycles. The summed E-state index contributed by atoms with van der Waals surface area (Å²) in [4.78, 5) is 14.4. The van der Waals surface area contributed by atoms with E-state index in [-0.39, 0.29) is 17.3 Å². The first kappa shape index (κ1) is 19.6. The largest absolute Gasteiger partial charge is 0.363 e. The van der Waals surface area contributed by atoms with Gasteiger partial charge in [0.05, 0.1) is 4.90 Å². The summed E-state index contributed by atoms with van der Waals surface area (Å²) in [7, 11) is -3.81. The molecule has 148 valence electrons. The number of primary sulfonamides is 1. The van der Waals surface area contributed by atoms with Gasteiger partial charge in [0, 0.05) is 28.3 Å². The van der Waals surface area contributed by atoms with E-state index in [2.05, 4.69) is 0 Å². The Morgan fingerprint density at radius 1 is 0.966 bits per heavy atom. The molecule has 0 aliphatic carbocycles. The quantitative estimate of drug-likeness (QED) is 0.667. The van der Waals surface area contributed by atoms with Crippen LogP contribution in [0.3, 0.4) is 0 Å². The van der Waals surface area contributed by atoms with Gasteiger partial charge in [0.2, 0.25) is 10.0 Å². The van der Waals surface area contributed by atoms with E-state index in [9.17, 15) is 18.3 Å². The van der Waals surface area contributed by atoms with Gasteiger partial charge in [-0.2, -0.15) is 0 Å². The van der Waals surface area contributed by atoms with E-state index in [1.807, 2.05) is 0 Å². The molecular formula is C21H17ClN2O4S. The molecule has 0 bridgehead atoms. The van der Waals surface area contributed by atoms with Gasteiger partial charge in [-0.25, -0.2) is 13.6 Å². The van der Waals surface area contributed by atoms with Crippen molar-refractivity contribution < 1.29 is 18.3 Å². The fourth-order valence-electron chi connectivity index (χ4n) is 3.56. The van der Waals surface area contributed by atoms with Crippen molar-refractivity contribution >= 4 is 27.5 Å². The molecule has 0 spiro atoms. The van der Waals surface area contributed by atoms with Crippen LogP contribution in [0.4, 0.5) is 0 Å². The number of hydrogen-bond acceptors (Lipinski definition) is 4. The van der Waals surface area contributed by atoms with Crippen molar-refractivity contribution in [1.82, 2.24) is 4.90 Å².